The van der Waals surface area contributed by atoms with Crippen LogP contribution in [0.15, 0.2) is 0 Å². The Kier molecular flexibility index (Phi) is 17.8. The summed E-state index contributed by atoms with van der Waals surface area (Å²) < 4.78 is 22.1. The molecule has 0 saturated carbocycles. The molecule has 0 aromatic carbocycles. The van der Waals surface area contributed by atoms with E-state index in [4.69, 9.17) is 18.9 Å². The van der Waals surface area contributed by atoms with Gasteiger partial charge in [0.2, 0.25) is 0 Å². The average molecular weight is 487 g/mol. The largest absolute Gasteiger partial charge is 0.465 e. The summed E-state index contributed by atoms with van der Waals surface area (Å²) in [6, 6.07) is 0. The number of unbranched alkanes of at least 4 members (excludes halogenated alkanes) is 4. The van der Waals surface area contributed by atoms with Crippen molar-refractivity contribution in [2.75, 3.05) is 19.8 Å². The smallest absolute Gasteiger partial charge is 0.317 e. The van der Waals surface area contributed by atoms with Gasteiger partial charge in [-0.25, -0.2) is 0 Å². The van der Waals surface area contributed by atoms with E-state index < -0.39 is 11.4 Å². The second-order valence-electron chi connectivity index (χ2n) is 10.0. The summed E-state index contributed by atoms with van der Waals surface area (Å²) >= 11 is 0. The maximum atomic E-state index is 12.7. The van der Waals surface area contributed by atoms with Crippen molar-refractivity contribution in [3.8, 4) is 0 Å². The zero-order valence-electron chi connectivity index (χ0n) is 22.8. The standard InChI is InChI=1S/C27H50O7/c1-8-10-15-23(16-11-9-2)34-24(28)17-13-12-14-18-31-26(30)27(7,19-32-22(5)6)20-33-25(29)21(3)4/h21-23H,8-20H2,1-7H3. The highest BCUT2D eigenvalue weighted by Gasteiger charge is 2.37. The first-order valence-corrected chi connectivity index (χ1v) is 13.2. The number of carbonyl (C=O) groups is 3. The van der Waals surface area contributed by atoms with Crippen LogP contribution in [0.5, 0.6) is 0 Å². The number of ether oxygens (including phenoxy) is 4. The van der Waals surface area contributed by atoms with Crippen LogP contribution in [0, 0.1) is 11.3 Å². The number of rotatable bonds is 20. The van der Waals surface area contributed by atoms with Gasteiger partial charge in [0.25, 0.3) is 0 Å². The lowest BCUT2D eigenvalue weighted by molar-refractivity contribution is -0.169. The van der Waals surface area contributed by atoms with E-state index in [0.717, 1.165) is 44.9 Å². The molecular formula is C27H50O7. The minimum Gasteiger partial charge on any atom is -0.465 e. The molecule has 200 valence electrons. The molecule has 7 nitrogen and oxygen atoms in total. The highest BCUT2D eigenvalue weighted by Crippen LogP contribution is 2.22. The summed E-state index contributed by atoms with van der Waals surface area (Å²) in [5.41, 5.74) is -1.06. The van der Waals surface area contributed by atoms with Crippen molar-refractivity contribution in [1.29, 1.82) is 0 Å². The molecule has 0 aliphatic heterocycles. The van der Waals surface area contributed by atoms with Crippen LogP contribution >= 0.6 is 0 Å². The van der Waals surface area contributed by atoms with Gasteiger partial charge in [-0.3, -0.25) is 14.4 Å². The van der Waals surface area contributed by atoms with Gasteiger partial charge < -0.3 is 18.9 Å². The summed E-state index contributed by atoms with van der Waals surface area (Å²) in [5.74, 6) is -1.22. The fourth-order valence-corrected chi connectivity index (χ4v) is 3.17. The number of carbonyl (C=O) groups excluding carboxylic acids is 3. The first kappa shape index (κ1) is 32.4. The molecule has 1 atom stereocenters. The summed E-state index contributed by atoms with van der Waals surface area (Å²) in [6.07, 6.45) is 8.69. The molecule has 0 amide bonds. The number of esters is 3. The Balaban J connectivity index is 4.40. The van der Waals surface area contributed by atoms with E-state index in [-0.39, 0.29) is 49.9 Å². The van der Waals surface area contributed by atoms with E-state index >= 15 is 0 Å². The molecule has 1 unspecified atom stereocenters. The monoisotopic (exact) mass is 486 g/mol. The van der Waals surface area contributed by atoms with E-state index in [2.05, 4.69) is 13.8 Å². The predicted octanol–water partition coefficient (Wildman–Crippen LogP) is 6.01. The summed E-state index contributed by atoms with van der Waals surface area (Å²) in [4.78, 5) is 36.8. The lowest BCUT2D eigenvalue weighted by atomic mass is 9.93. The molecule has 0 fully saturated rings. The summed E-state index contributed by atoms with van der Waals surface area (Å²) in [5, 5.41) is 0. The van der Waals surface area contributed by atoms with Gasteiger partial charge in [0, 0.05) is 6.42 Å². The number of hydrogen-bond acceptors (Lipinski definition) is 7. The van der Waals surface area contributed by atoms with Crippen LogP contribution in [0.25, 0.3) is 0 Å². The van der Waals surface area contributed by atoms with Crippen LogP contribution in [-0.4, -0.2) is 49.9 Å². The Morgan fingerprint density at radius 2 is 1.41 bits per heavy atom. The third-order valence-corrected chi connectivity index (χ3v) is 5.55. The number of hydrogen-bond donors (Lipinski definition) is 0. The van der Waals surface area contributed by atoms with Crippen molar-refractivity contribution in [2.45, 2.75) is 125 Å². The van der Waals surface area contributed by atoms with Crippen molar-refractivity contribution in [1.82, 2.24) is 0 Å². The average Bonchev–Trinajstić information content (AvgIpc) is 2.79. The third-order valence-electron chi connectivity index (χ3n) is 5.55. The van der Waals surface area contributed by atoms with Gasteiger partial charge in [0.15, 0.2) is 0 Å². The van der Waals surface area contributed by atoms with Crippen molar-refractivity contribution in [2.24, 2.45) is 11.3 Å². The van der Waals surface area contributed by atoms with E-state index in [1.54, 1.807) is 20.8 Å². The zero-order chi connectivity index (χ0) is 26.0. The Hall–Kier alpha value is -1.63. The van der Waals surface area contributed by atoms with Gasteiger partial charge in [-0.05, 0) is 52.9 Å². The summed E-state index contributed by atoms with van der Waals surface area (Å²) in [7, 11) is 0. The Labute approximate surface area is 207 Å². The van der Waals surface area contributed by atoms with Gasteiger partial charge in [-0.2, -0.15) is 0 Å². The molecular weight excluding hydrogens is 436 g/mol. The second-order valence-corrected chi connectivity index (χ2v) is 10.0. The molecule has 0 radical (unpaired) electrons. The van der Waals surface area contributed by atoms with E-state index in [0.29, 0.717) is 19.3 Å². The Morgan fingerprint density at radius 3 is 1.94 bits per heavy atom. The van der Waals surface area contributed by atoms with Crippen molar-refractivity contribution in [3.05, 3.63) is 0 Å². The Bertz CT molecular complexity index is 565. The van der Waals surface area contributed by atoms with Gasteiger partial charge in [-0.15, -0.1) is 0 Å². The lowest BCUT2D eigenvalue weighted by Gasteiger charge is -2.28. The van der Waals surface area contributed by atoms with Crippen LogP contribution in [0.2, 0.25) is 0 Å². The van der Waals surface area contributed by atoms with Gasteiger partial charge in [0.05, 0.1) is 25.2 Å². The topological polar surface area (TPSA) is 88.1 Å². The molecule has 0 rings (SSSR count). The van der Waals surface area contributed by atoms with Gasteiger partial charge in [0.1, 0.15) is 18.1 Å². The maximum Gasteiger partial charge on any atom is 0.317 e. The van der Waals surface area contributed by atoms with Crippen LogP contribution in [-0.2, 0) is 33.3 Å². The SMILES string of the molecule is CCCCC(CCCC)OC(=O)CCCCCOC(=O)C(C)(COC(=O)C(C)C)COC(C)C. The first-order valence-electron chi connectivity index (χ1n) is 13.2. The second kappa shape index (κ2) is 18.7. The third kappa shape index (κ3) is 15.3. The van der Waals surface area contributed by atoms with Gasteiger partial charge >= 0.3 is 17.9 Å². The highest BCUT2D eigenvalue weighted by molar-refractivity contribution is 5.78. The van der Waals surface area contributed by atoms with Crippen molar-refractivity contribution >= 4 is 17.9 Å². The van der Waals surface area contributed by atoms with Crippen LogP contribution in [0.3, 0.4) is 0 Å². The zero-order valence-corrected chi connectivity index (χ0v) is 22.8. The van der Waals surface area contributed by atoms with Crippen molar-refractivity contribution in [3.63, 3.8) is 0 Å². The molecule has 0 aliphatic rings. The molecule has 7 heteroatoms. The van der Waals surface area contributed by atoms with Crippen LogP contribution in [0.4, 0.5) is 0 Å². The highest BCUT2D eigenvalue weighted by atomic mass is 16.6. The molecule has 0 aromatic heterocycles. The molecule has 0 aliphatic carbocycles. The van der Waals surface area contributed by atoms with E-state index in [1.165, 1.54) is 0 Å². The fraction of sp³-hybridized carbons (Fsp3) is 0.889. The minimum absolute atomic E-state index is 0.0314. The molecule has 0 bridgehead atoms. The molecule has 0 spiro atoms. The lowest BCUT2D eigenvalue weighted by Crippen LogP contribution is -2.41. The van der Waals surface area contributed by atoms with E-state index in [1.807, 2.05) is 13.8 Å². The molecule has 0 saturated heterocycles. The quantitative estimate of drug-likeness (QED) is 0.118. The normalized spacial score (nSPS) is 13.2. The summed E-state index contributed by atoms with van der Waals surface area (Å²) in [6.45, 7) is 13.5. The Morgan fingerprint density at radius 1 is 0.794 bits per heavy atom. The molecule has 0 aromatic rings. The first-order chi connectivity index (χ1) is 16.1. The fourth-order valence-electron chi connectivity index (χ4n) is 3.17. The van der Waals surface area contributed by atoms with Crippen LogP contribution in [0.1, 0.15) is 113 Å². The molecule has 0 N–H and O–H groups in total. The van der Waals surface area contributed by atoms with Gasteiger partial charge in [-0.1, -0.05) is 53.4 Å². The van der Waals surface area contributed by atoms with Crippen LogP contribution < -0.4 is 0 Å². The molecule has 0 heterocycles. The predicted molar refractivity (Wildman–Crippen MR) is 133 cm³/mol. The maximum absolute atomic E-state index is 12.7. The van der Waals surface area contributed by atoms with Crippen molar-refractivity contribution < 1.29 is 33.3 Å². The molecule has 34 heavy (non-hydrogen) atoms. The van der Waals surface area contributed by atoms with E-state index in [9.17, 15) is 14.4 Å². The minimum atomic E-state index is -1.06.